The van der Waals surface area contributed by atoms with Crippen LogP contribution in [-0.4, -0.2) is 4.57 Å². The number of hydrogen-bond donors (Lipinski definition) is 0. The van der Waals surface area contributed by atoms with Crippen LogP contribution in [0.3, 0.4) is 0 Å². The lowest BCUT2D eigenvalue weighted by molar-refractivity contribution is 0.360. The van der Waals surface area contributed by atoms with Gasteiger partial charge in [-0.1, -0.05) is 109 Å². The summed E-state index contributed by atoms with van der Waals surface area (Å²) in [5.41, 5.74) is 11.5. The van der Waals surface area contributed by atoms with Gasteiger partial charge < -0.3 is 18.9 Å². The van der Waals surface area contributed by atoms with Crippen molar-refractivity contribution in [3.63, 3.8) is 0 Å². The van der Waals surface area contributed by atoms with Gasteiger partial charge in [0.25, 0.3) is 0 Å². The molecule has 0 saturated carbocycles. The Morgan fingerprint density at radius 3 is 1.78 bits per heavy atom. The molecule has 4 nitrogen and oxygen atoms in total. The first-order chi connectivity index (χ1) is 29.2. The van der Waals surface area contributed by atoms with E-state index in [1.807, 2.05) is 41.7 Å². The minimum Gasteiger partial charge on any atom is -0.450 e. The van der Waals surface area contributed by atoms with Crippen LogP contribution >= 0.6 is 11.3 Å². The fourth-order valence-corrected chi connectivity index (χ4v) is 9.77. The van der Waals surface area contributed by atoms with E-state index in [1.165, 1.54) is 64.2 Å². The molecule has 59 heavy (non-hydrogen) atoms. The van der Waals surface area contributed by atoms with Crippen LogP contribution in [0.1, 0.15) is 0 Å². The van der Waals surface area contributed by atoms with Crippen molar-refractivity contribution in [1.29, 1.82) is 0 Å². The summed E-state index contributed by atoms with van der Waals surface area (Å²) >= 11 is 1.83. The number of para-hydroxylation sites is 5. The van der Waals surface area contributed by atoms with Gasteiger partial charge in [0.05, 0.1) is 16.7 Å². The maximum Gasteiger partial charge on any atom is 0.172 e. The predicted octanol–water partition coefficient (Wildman–Crippen LogP) is 15.9. The smallest absolute Gasteiger partial charge is 0.172 e. The van der Waals surface area contributed by atoms with E-state index in [0.717, 1.165) is 28.5 Å². The first kappa shape index (κ1) is 33.5. The molecule has 9 aromatic carbocycles. The zero-order valence-corrected chi connectivity index (χ0v) is 32.6. The second-order valence-corrected chi connectivity index (χ2v) is 16.0. The van der Waals surface area contributed by atoms with Crippen molar-refractivity contribution >= 4 is 70.4 Å². The van der Waals surface area contributed by atoms with Gasteiger partial charge in [0.2, 0.25) is 0 Å². The Kier molecular flexibility index (Phi) is 7.68. The minimum absolute atomic E-state index is 0.692. The monoisotopic (exact) mass is 774 g/mol. The molecule has 0 radical (unpaired) electrons. The van der Waals surface area contributed by atoms with Crippen molar-refractivity contribution in [3.05, 3.63) is 206 Å². The Morgan fingerprint density at radius 2 is 0.949 bits per heavy atom. The van der Waals surface area contributed by atoms with E-state index in [2.05, 4.69) is 185 Å². The Labute approximate surface area is 345 Å². The van der Waals surface area contributed by atoms with E-state index in [-0.39, 0.29) is 0 Å². The fourth-order valence-electron chi connectivity index (χ4n) is 8.65. The molecular weight excluding hydrogens is 741 g/mol. The standard InChI is InChI=1S/C54H34N2O2S/c1-3-14-39(15-4-1)55(41-25-28-51-52(33-41)58-50-21-10-9-20-49(50)57-51)42-24-27-45-46-31-37(23-29-53(46)59-54(45)34-42)35-12-11-13-36(30-35)38-22-26-44-43-18-7-8-19-47(43)56(48(44)32-38)40-16-5-2-6-17-40/h1-34H. The molecule has 5 heteroatoms. The van der Waals surface area contributed by atoms with Crippen LogP contribution in [0.25, 0.3) is 69.9 Å². The van der Waals surface area contributed by atoms with Crippen LogP contribution in [0.2, 0.25) is 0 Å². The number of thiophene rings is 1. The Morgan fingerprint density at radius 1 is 0.339 bits per heavy atom. The average molecular weight is 775 g/mol. The Hall–Kier alpha value is -7.60. The van der Waals surface area contributed by atoms with Gasteiger partial charge in [0.15, 0.2) is 23.0 Å². The molecule has 0 amide bonds. The van der Waals surface area contributed by atoms with Gasteiger partial charge in [-0.25, -0.2) is 0 Å². The molecule has 278 valence electrons. The molecule has 0 unspecified atom stereocenters. The zero-order chi connectivity index (χ0) is 38.9. The minimum atomic E-state index is 0.692. The molecular formula is C54H34N2O2S. The molecule has 0 saturated heterocycles. The third kappa shape index (κ3) is 5.66. The second-order valence-electron chi connectivity index (χ2n) is 14.9. The molecule has 12 rings (SSSR count). The van der Waals surface area contributed by atoms with E-state index < -0.39 is 0 Å². The molecule has 3 heterocycles. The number of hydrogen-bond acceptors (Lipinski definition) is 4. The summed E-state index contributed by atoms with van der Waals surface area (Å²) in [6.07, 6.45) is 0. The topological polar surface area (TPSA) is 26.6 Å². The highest BCUT2D eigenvalue weighted by atomic mass is 32.1. The summed E-state index contributed by atoms with van der Waals surface area (Å²) in [5.74, 6) is 2.83. The Bertz CT molecular complexity index is 3400. The summed E-state index contributed by atoms with van der Waals surface area (Å²) < 4.78 is 17.4. The summed E-state index contributed by atoms with van der Waals surface area (Å²) in [6, 6.07) is 73.3. The van der Waals surface area contributed by atoms with E-state index in [0.29, 0.717) is 17.2 Å². The lowest BCUT2D eigenvalue weighted by atomic mass is 9.97. The van der Waals surface area contributed by atoms with Crippen molar-refractivity contribution < 1.29 is 9.47 Å². The SMILES string of the molecule is c1ccc(N(c2ccc3c(c2)Oc2ccccc2O3)c2ccc3c(c2)sc2ccc(-c4cccc(-c5ccc6c7ccccc7n(-c7ccccc7)c6c5)c4)cc23)cc1. The van der Waals surface area contributed by atoms with Crippen LogP contribution in [0.4, 0.5) is 17.1 Å². The number of nitrogens with zero attached hydrogens (tertiary/aromatic N) is 2. The number of benzene rings is 9. The van der Waals surface area contributed by atoms with Gasteiger partial charge in [-0.2, -0.15) is 0 Å². The van der Waals surface area contributed by atoms with Gasteiger partial charge in [-0.3, -0.25) is 0 Å². The molecule has 0 fully saturated rings. The summed E-state index contributed by atoms with van der Waals surface area (Å²) in [4.78, 5) is 2.28. The second kappa shape index (κ2) is 13.5. The van der Waals surface area contributed by atoms with Crippen LogP contribution < -0.4 is 14.4 Å². The fraction of sp³-hybridized carbons (Fsp3) is 0. The number of rotatable bonds is 6. The third-order valence-electron chi connectivity index (χ3n) is 11.4. The van der Waals surface area contributed by atoms with Crippen molar-refractivity contribution in [2.24, 2.45) is 0 Å². The van der Waals surface area contributed by atoms with Crippen molar-refractivity contribution in [2.75, 3.05) is 4.90 Å². The van der Waals surface area contributed by atoms with Crippen LogP contribution in [-0.2, 0) is 0 Å². The number of fused-ring (bicyclic) bond motifs is 8. The molecule has 2 aromatic heterocycles. The first-order valence-electron chi connectivity index (χ1n) is 19.8. The molecule has 11 aromatic rings. The molecule has 0 atom stereocenters. The van der Waals surface area contributed by atoms with E-state index in [1.54, 1.807) is 0 Å². The quantitative estimate of drug-likeness (QED) is 0.168. The number of anilines is 3. The highest BCUT2D eigenvalue weighted by Gasteiger charge is 2.22. The number of aromatic nitrogens is 1. The zero-order valence-electron chi connectivity index (χ0n) is 31.7. The van der Waals surface area contributed by atoms with Gasteiger partial charge in [0, 0.05) is 54.1 Å². The summed E-state index contributed by atoms with van der Waals surface area (Å²) in [7, 11) is 0. The van der Waals surface area contributed by atoms with Crippen LogP contribution in [0, 0.1) is 0 Å². The molecule has 0 bridgehead atoms. The first-order valence-corrected chi connectivity index (χ1v) is 20.6. The van der Waals surface area contributed by atoms with Gasteiger partial charge in [0.1, 0.15) is 0 Å². The van der Waals surface area contributed by atoms with Gasteiger partial charge in [-0.05, 0) is 113 Å². The summed E-state index contributed by atoms with van der Waals surface area (Å²) in [5, 5.41) is 5.03. The van der Waals surface area contributed by atoms with Crippen molar-refractivity contribution in [2.45, 2.75) is 0 Å². The molecule has 1 aliphatic heterocycles. The van der Waals surface area contributed by atoms with Gasteiger partial charge >= 0.3 is 0 Å². The average Bonchev–Trinajstić information content (AvgIpc) is 3.83. The molecule has 1 aliphatic rings. The molecule has 0 aliphatic carbocycles. The maximum absolute atomic E-state index is 6.33. The van der Waals surface area contributed by atoms with E-state index in [4.69, 9.17) is 9.47 Å². The third-order valence-corrected chi connectivity index (χ3v) is 12.6. The molecule has 0 N–H and O–H groups in total. The summed E-state index contributed by atoms with van der Waals surface area (Å²) in [6.45, 7) is 0. The lowest BCUT2D eigenvalue weighted by Gasteiger charge is -2.27. The Balaban J connectivity index is 0.912. The lowest BCUT2D eigenvalue weighted by Crippen LogP contribution is -2.10. The van der Waals surface area contributed by atoms with E-state index >= 15 is 0 Å². The highest BCUT2D eigenvalue weighted by molar-refractivity contribution is 7.25. The van der Waals surface area contributed by atoms with Crippen molar-refractivity contribution in [1.82, 2.24) is 4.57 Å². The number of ether oxygens (including phenoxy) is 2. The van der Waals surface area contributed by atoms with Crippen LogP contribution in [0.15, 0.2) is 206 Å². The van der Waals surface area contributed by atoms with Gasteiger partial charge in [-0.15, -0.1) is 11.3 Å². The highest BCUT2D eigenvalue weighted by Crippen LogP contribution is 2.49. The van der Waals surface area contributed by atoms with Crippen LogP contribution in [0.5, 0.6) is 23.0 Å². The normalized spacial score (nSPS) is 12.0. The molecule has 0 spiro atoms. The van der Waals surface area contributed by atoms with E-state index in [9.17, 15) is 0 Å². The largest absolute Gasteiger partial charge is 0.450 e. The van der Waals surface area contributed by atoms with Crippen molar-refractivity contribution in [3.8, 4) is 50.9 Å². The maximum atomic E-state index is 6.33. The predicted molar refractivity (Wildman–Crippen MR) is 246 cm³/mol.